The lowest BCUT2D eigenvalue weighted by atomic mass is 10.0. The van der Waals surface area contributed by atoms with Gasteiger partial charge in [0.15, 0.2) is 6.20 Å². The van der Waals surface area contributed by atoms with Crippen molar-refractivity contribution in [2.24, 2.45) is 0 Å². The van der Waals surface area contributed by atoms with Crippen molar-refractivity contribution in [2.75, 3.05) is 0 Å². The number of hydrogen-bond acceptors (Lipinski definition) is 2. The first-order chi connectivity index (χ1) is 7.20. The fraction of sp³-hybridized carbons (Fsp3) is 0.0909. The Balaban J connectivity index is 2.59. The number of aromatic nitrogens is 1. The molecule has 0 bridgehead atoms. The van der Waals surface area contributed by atoms with Gasteiger partial charge >= 0.3 is 0 Å². The molecule has 1 aromatic heterocycles. The van der Waals surface area contributed by atoms with Crippen LogP contribution in [0, 0.1) is 5.21 Å². The van der Waals surface area contributed by atoms with E-state index in [-0.39, 0.29) is 0 Å². The van der Waals surface area contributed by atoms with Crippen molar-refractivity contribution < 1.29 is 4.73 Å². The van der Waals surface area contributed by atoms with E-state index in [2.05, 4.69) is 0 Å². The van der Waals surface area contributed by atoms with Crippen molar-refractivity contribution in [2.45, 2.75) is 6.42 Å². The second-order valence-corrected chi connectivity index (χ2v) is 4.06. The zero-order chi connectivity index (χ0) is 10.8. The zero-order valence-electron chi connectivity index (χ0n) is 7.81. The molecule has 1 aliphatic rings. The Labute approximate surface area is 98.1 Å². The lowest BCUT2D eigenvalue weighted by Gasteiger charge is -2.12. The molecular weight excluding hydrogens is 230 g/mol. The summed E-state index contributed by atoms with van der Waals surface area (Å²) in [6.45, 7) is 0. The predicted molar refractivity (Wildman–Crippen MR) is 64.5 cm³/mol. The standard InChI is InChI=1S/C11H8ClNOS/c12-8-4-3-6-10(15)11(8)9-5-1-2-7-13(9)14/h1-5,7H,6H2. The van der Waals surface area contributed by atoms with Gasteiger partial charge in [0.2, 0.25) is 5.69 Å². The highest BCUT2D eigenvalue weighted by molar-refractivity contribution is 7.81. The van der Waals surface area contributed by atoms with Gasteiger partial charge in [-0.25, -0.2) is 0 Å². The molecule has 0 aliphatic heterocycles. The Kier molecular flexibility index (Phi) is 2.84. The Morgan fingerprint density at radius 2 is 2.20 bits per heavy atom. The second-order valence-electron chi connectivity index (χ2n) is 3.16. The van der Waals surface area contributed by atoms with Crippen molar-refractivity contribution in [1.82, 2.24) is 0 Å². The van der Waals surface area contributed by atoms with E-state index in [1.165, 1.54) is 6.20 Å². The third-order valence-electron chi connectivity index (χ3n) is 2.17. The van der Waals surface area contributed by atoms with Gasteiger partial charge in [0.05, 0.1) is 10.6 Å². The molecule has 4 heteroatoms. The molecule has 1 aromatic rings. The smallest absolute Gasteiger partial charge is 0.226 e. The van der Waals surface area contributed by atoms with Gasteiger partial charge in [-0.1, -0.05) is 29.9 Å². The Morgan fingerprint density at radius 1 is 1.40 bits per heavy atom. The third kappa shape index (κ3) is 1.94. The molecule has 15 heavy (non-hydrogen) atoms. The first-order valence-corrected chi connectivity index (χ1v) is 5.27. The average molecular weight is 238 g/mol. The summed E-state index contributed by atoms with van der Waals surface area (Å²) in [6, 6.07) is 5.19. The molecule has 0 radical (unpaired) electrons. The SMILES string of the molecule is [O-][n+]1ccccc1C1=C(Cl)C=CCC1=S. The summed E-state index contributed by atoms with van der Waals surface area (Å²) < 4.78 is 0.781. The summed E-state index contributed by atoms with van der Waals surface area (Å²) >= 11 is 11.2. The summed E-state index contributed by atoms with van der Waals surface area (Å²) in [6.07, 6.45) is 5.77. The van der Waals surface area contributed by atoms with Crippen LogP contribution in [-0.4, -0.2) is 4.86 Å². The lowest BCUT2D eigenvalue weighted by molar-refractivity contribution is -0.607. The molecule has 0 fully saturated rings. The molecule has 0 saturated heterocycles. The molecule has 0 amide bonds. The van der Waals surface area contributed by atoms with Crippen LogP contribution in [0.5, 0.6) is 0 Å². The number of halogens is 1. The van der Waals surface area contributed by atoms with Gasteiger partial charge in [-0.3, -0.25) is 0 Å². The van der Waals surface area contributed by atoms with Gasteiger partial charge in [0, 0.05) is 23.4 Å². The molecule has 1 heterocycles. The van der Waals surface area contributed by atoms with Crippen LogP contribution in [-0.2, 0) is 0 Å². The van der Waals surface area contributed by atoms with E-state index in [1.807, 2.05) is 6.08 Å². The van der Waals surface area contributed by atoms with Crippen LogP contribution in [0.4, 0.5) is 0 Å². The van der Waals surface area contributed by atoms with Gasteiger partial charge in [-0.05, 0) is 12.1 Å². The van der Waals surface area contributed by atoms with Crippen LogP contribution < -0.4 is 4.73 Å². The largest absolute Gasteiger partial charge is 0.618 e. The van der Waals surface area contributed by atoms with E-state index in [1.54, 1.807) is 24.3 Å². The van der Waals surface area contributed by atoms with Crippen molar-refractivity contribution in [3.8, 4) is 0 Å². The predicted octanol–water partition coefficient (Wildman–Crippen LogP) is 2.60. The first kappa shape index (κ1) is 10.3. The molecule has 0 atom stereocenters. The summed E-state index contributed by atoms with van der Waals surface area (Å²) in [4.78, 5) is 0.707. The highest BCUT2D eigenvalue weighted by Crippen LogP contribution is 2.27. The minimum Gasteiger partial charge on any atom is -0.618 e. The van der Waals surface area contributed by atoms with E-state index in [9.17, 15) is 5.21 Å². The minimum absolute atomic E-state index is 0.511. The van der Waals surface area contributed by atoms with Crippen molar-refractivity contribution in [3.05, 3.63) is 52.5 Å². The van der Waals surface area contributed by atoms with E-state index in [0.29, 0.717) is 27.6 Å². The van der Waals surface area contributed by atoms with Gasteiger partial charge in [0.1, 0.15) is 0 Å². The molecule has 1 aliphatic carbocycles. The molecule has 0 N–H and O–H groups in total. The Hall–Kier alpha value is -1.19. The molecule has 0 aromatic carbocycles. The summed E-state index contributed by atoms with van der Waals surface area (Å²) in [5.41, 5.74) is 1.18. The van der Waals surface area contributed by atoms with Gasteiger partial charge in [-0.15, -0.1) is 0 Å². The van der Waals surface area contributed by atoms with Crippen molar-refractivity contribution in [3.63, 3.8) is 0 Å². The van der Waals surface area contributed by atoms with Crippen LogP contribution >= 0.6 is 23.8 Å². The molecule has 0 spiro atoms. The number of thiocarbonyl (C=S) groups is 1. The maximum atomic E-state index is 11.5. The average Bonchev–Trinajstić information content (AvgIpc) is 2.20. The van der Waals surface area contributed by atoms with E-state index < -0.39 is 0 Å². The fourth-order valence-corrected chi connectivity index (χ4v) is 2.14. The van der Waals surface area contributed by atoms with Crippen molar-refractivity contribution in [1.29, 1.82) is 0 Å². The molecule has 0 unspecified atom stereocenters. The number of allylic oxidation sites excluding steroid dienone is 4. The lowest BCUT2D eigenvalue weighted by Crippen LogP contribution is -2.32. The zero-order valence-corrected chi connectivity index (χ0v) is 9.39. The Morgan fingerprint density at radius 3 is 2.87 bits per heavy atom. The number of rotatable bonds is 1. The Bertz CT molecular complexity index is 479. The van der Waals surface area contributed by atoms with Crippen LogP contribution in [0.1, 0.15) is 12.1 Å². The second kappa shape index (κ2) is 4.13. The van der Waals surface area contributed by atoms with Gasteiger partial charge < -0.3 is 5.21 Å². The molecule has 2 nitrogen and oxygen atoms in total. The van der Waals surface area contributed by atoms with Gasteiger partial charge in [0.25, 0.3) is 0 Å². The first-order valence-electron chi connectivity index (χ1n) is 4.48. The highest BCUT2D eigenvalue weighted by Gasteiger charge is 2.20. The normalized spacial score (nSPS) is 15.9. The van der Waals surface area contributed by atoms with Crippen molar-refractivity contribution >= 4 is 34.3 Å². The summed E-state index contributed by atoms with van der Waals surface area (Å²) in [5, 5.41) is 12.1. The quantitative estimate of drug-likeness (QED) is 0.427. The highest BCUT2D eigenvalue weighted by atomic mass is 35.5. The molecule has 0 saturated carbocycles. The minimum atomic E-state index is 0.511. The topological polar surface area (TPSA) is 26.9 Å². The fourth-order valence-electron chi connectivity index (χ4n) is 1.48. The van der Waals surface area contributed by atoms with E-state index in [0.717, 1.165) is 4.73 Å². The number of hydrogen-bond donors (Lipinski definition) is 0. The monoisotopic (exact) mass is 237 g/mol. The number of pyridine rings is 1. The van der Waals surface area contributed by atoms with E-state index >= 15 is 0 Å². The van der Waals surface area contributed by atoms with E-state index in [4.69, 9.17) is 23.8 Å². The number of nitrogens with zero attached hydrogens (tertiary/aromatic N) is 1. The van der Waals surface area contributed by atoms with Crippen LogP contribution in [0.15, 0.2) is 41.6 Å². The van der Waals surface area contributed by atoms with Gasteiger partial charge in [-0.2, -0.15) is 4.73 Å². The summed E-state index contributed by atoms with van der Waals surface area (Å²) in [5.74, 6) is 0. The maximum Gasteiger partial charge on any atom is 0.226 e. The third-order valence-corrected chi connectivity index (χ3v) is 2.85. The summed E-state index contributed by atoms with van der Waals surface area (Å²) in [7, 11) is 0. The van der Waals surface area contributed by atoms with Crippen LogP contribution in [0.25, 0.3) is 5.57 Å². The molecule has 2 rings (SSSR count). The molecular formula is C11H8ClNOS. The van der Waals surface area contributed by atoms with Crippen LogP contribution in [0.3, 0.4) is 0 Å². The maximum absolute atomic E-state index is 11.5. The van der Waals surface area contributed by atoms with Crippen LogP contribution in [0.2, 0.25) is 0 Å². The molecule has 76 valence electrons.